The van der Waals surface area contributed by atoms with E-state index in [1.54, 1.807) is 24.8 Å². The first-order chi connectivity index (χ1) is 36.2. The van der Waals surface area contributed by atoms with E-state index in [0.29, 0.717) is 107 Å². The number of aromatic nitrogens is 3. The van der Waals surface area contributed by atoms with E-state index in [1.807, 2.05) is 78.9 Å². The number of nitrogens with one attached hydrogen (secondary N) is 3. The molecule has 14 nitrogen and oxygen atoms in total. The van der Waals surface area contributed by atoms with Crippen molar-refractivity contribution < 1.29 is 14.4 Å². The molecule has 3 aromatic heterocycles. The van der Waals surface area contributed by atoms with Gasteiger partial charge in [-0.3, -0.25) is 29.3 Å². The highest BCUT2D eigenvalue weighted by molar-refractivity contribution is 6.47. The standard InChI is InChI=1S/C18H18Cl2N4O.C18H19Cl2N3O.C13H17N3O.C5H2Cl3N/c19-14-10-21-11-15(20)16(14)23-8-6-18(7-9-23)17(25)22-12-24(18)13-4-2-1-3-5-13;19-14-11-22-12-15(20)16(14)23-8-6-18(7-9-23,17(21)24)10-13-4-2-1-3-5-13;17-12-13(6-8-14-9-7-13)16(10-15-12)11-4-2-1-3-5-11;6-3-1-9-2-4(7)5(3)8/h1-5,10-11H,6-9,12H2,(H,22,25);1-5,11-12H,6-10H2,(H2,21,24);1-5,14H,6-10H2,(H,15,17);1-2H. The summed E-state index contributed by atoms with van der Waals surface area (Å²) in [4.78, 5) is 57.4. The molecule has 75 heavy (non-hydrogen) atoms. The average molecular weight is 1160 g/mol. The summed E-state index contributed by atoms with van der Waals surface area (Å²) in [6.45, 7) is 5.77. The van der Waals surface area contributed by atoms with E-state index in [0.717, 1.165) is 54.2 Å². The van der Waals surface area contributed by atoms with Crippen LogP contribution in [0.5, 0.6) is 0 Å². The number of amides is 3. The predicted octanol–water partition coefficient (Wildman–Crippen LogP) is 10.8. The summed E-state index contributed by atoms with van der Waals surface area (Å²) in [5, 5.41) is 12.6. The van der Waals surface area contributed by atoms with Crippen molar-refractivity contribution in [3.8, 4) is 0 Å². The van der Waals surface area contributed by atoms with Crippen LogP contribution in [0.3, 0.4) is 0 Å². The van der Waals surface area contributed by atoms with E-state index in [1.165, 1.54) is 12.4 Å². The Balaban J connectivity index is 0.000000140. The molecule has 11 rings (SSSR count). The van der Waals surface area contributed by atoms with Crippen LogP contribution in [0.15, 0.2) is 128 Å². The number of anilines is 4. The molecule has 0 atom stereocenters. The molecule has 5 fully saturated rings. The Kier molecular flexibility index (Phi) is 18.8. The van der Waals surface area contributed by atoms with Crippen molar-refractivity contribution in [2.75, 3.05) is 72.2 Å². The van der Waals surface area contributed by atoms with Gasteiger partial charge in [0.2, 0.25) is 17.7 Å². The number of para-hydroxylation sites is 2. The fourth-order valence-corrected chi connectivity index (χ4v) is 12.1. The molecule has 0 saturated carbocycles. The number of halogens is 7. The number of pyridine rings is 3. The zero-order valence-corrected chi connectivity index (χ0v) is 46.1. The van der Waals surface area contributed by atoms with Crippen LogP contribution in [0.2, 0.25) is 35.2 Å². The smallest absolute Gasteiger partial charge is 0.247 e. The zero-order chi connectivity index (χ0) is 53.2. The Morgan fingerprint density at radius 2 is 0.867 bits per heavy atom. The minimum Gasteiger partial charge on any atom is -0.369 e. The van der Waals surface area contributed by atoms with Gasteiger partial charge < -0.3 is 41.3 Å². The number of primary amides is 1. The number of rotatable bonds is 7. The van der Waals surface area contributed by atoms with Crippen molar-refractivity contribution in [1.82, 2.24) is 30.9 Å². The Morgan fingerprint density at radius 1 is 0.507 bits per heavy atom. The maximum Gasteiger partial charge on any atom is 0.247 e. The van der Waals surface area contributed by atoms with Crippen molar-refractivity contribution in [2.45, 2.75) is 56.0 Å². The first-order valence-electron chi connectivity index (χ1n) is 24.5. The van der Waals surface area contributed by atoms with Gasteiger partial charge in [0.25, 0.3) is 0 Å². The molecule has 2 spiro atoms. The lowest BCUT2D eigenvalue weighted by Gasteiger charge is -2.44. The second kappa shape index (κ2) is 25.2. The number of carbonyl (C=O) groups excluding carboxylic acids is 3. The van der Waals surface area contributed by atoms with E-state index in [9.17, 15) is 14.4 Å². The Hall–Kier alpha value is -5.29. The number of benzene rings is 3. The summed E-state index contributed by atoms with van der Waals surface area (Å²) >= 11 is 41.7. The first-order valence-corrected chi connectivity index (χ1v) is 27.1. The van der Waals surface area contributed by atoms with Crippen molar-refractivity contribution in [3.63, 3.8) is 0 Å². The number of nitrogens with two attached hydrogens (primary N) is 1. The van der Waals surface area contributed by atoms with Crippen molar-refractivity contribution >= 4 is 122 Å². The van der Waals surface area contributed by atoms with Gasteiger partial charge in [-0.05, 0) is 87.9 Å². The van der Waals surface area contributed by atoms with Gasteiger partial charge in [0.05, 0.1) is 65.3 Å². The normalized spacial score (nSPS) is 18.2. The van der Waals surface area contributed by atoms with Gasteiger partial charge in [-0.1, -0.05) is 148 Å². The molecule has 0 bridgehead atoms. The van der Waals surface area contributed by atoms with Crippen LogP contribution in [0.4, 0.5) is 22.7 Å². The van der Waals surface area contributed by atoms with Gasteiger partial charge >= 0.3 is 0 Å². The number of carbonyl (C=O) groups is 3. The molecule has 5 saturated heterocycles. The summed E-state index contributed by atoms with van der Waals surface area (Å²) in [7, 11) is 0. The number of nitrogens with zero attached hydrogens (tertiary/aromatic N) is 7. The third-order valence-electron chi connectivity index (χ3n) is 14.5. The minimum atomic E-state index is -0.524. The van der Waals surface area contributed by atoms with Gasteiger partial charge in [0.1, 0.15) is 11.1 Å². The molecule has 394 valence electrons. The van der Waals surface area contributed by atoms with Crippen LogP contribution in [-0.2, 0) is 20.8 Å². The highest BCUT2D eigenvalue weighted by Gasteiger charge is 2.51. The molecule has 0 aliphatic carbocycles. The molecule has 8 heterocycles. The van der Waals surface area contributed by atoms with Gasteiger partial charge in [0, 0.05) is 74.7 Å². The lowest BCUT2D eigenvalue weighted by molar-refractivity contribution is -0.129. The Labute approximate surface area is 472 Å². The van der Waals surface area contributed by atoms with Crippen LogP contribution in [0.1, 0.15) is 44.1 Å². The monoisotopic (exact) mass is 1150 g/mol. The molecule has 3 aromatic carbocycles. The first kappa shape index (κ1) is 55.9. The fraction of sp³-hybridized carbons (Fsp3) is 0.333. The molecule has 0 unspecified atom stereocenters. The lowest BCUT2D eigenvalue weighted by Crippen LogP contribution is -2.56. The predicted molar refractivity (Wildman–Crippen MR) is 304 cm³/mol. The summed E-state index contributed by atoms with van der Waals surface area (Å²) in [6, 6.07) is 30.3. The van der Waals surface area contributed by atoms with E-state index >= 15 is 0 Å². The highest BCUT2D eigenvalue weighted by atomic mass is 35.5. The van der Waals surface area contributed by atoms with Gasteiger partial charge in [-0.15, -0.1) is 0 Å². The molecule has 3 amide bonds. The molecule has 6 aromatic rings. The van der Waals surface area contributed by atoms with Crippen LogP contribution in [0, 0.1) is 5.41 Å². The van der Waals surface area contributed by atoms with E-state index in [-0.39, 0.29) is 23.3 Å². The van der Waals surface area contributed by atoms with Gasteiger partial charge in [-0.25, -0.2) is 0 Å². The molecule has 5 aliphatic rings. The second-order valence-electron chi connectivity index (χ2n) is 18.8. The number of piperidine rings is 3. The van der Waals surface area contributed by atoms with Crippen LogP contribution < -0.4 is 41.3 Å². The molecule has 0 radical (unpaired) electrons. The van der Waals surface area contributed by atoms with Crippen LogP contribution in [-0.4, -0.2) is 96.4 Å². The maximum absolute atomic E-state index is 12.7. The second-order valence-corrected chi connectivity index (χ2v) is 21.6. The average Bonchev–Trinajstić information content (AvgIpc) is 3.91. The van der Waals surface area contributed by atoms with Crippen LogP contribution >= 0.6 is 81.2 Å². The SMILES string of the molecule is Clc1cncc(Cl)c1Cl.NC(=O)C1(Cc2ccccc2)CCN(c2c(Cl)cncc2Cl)CC1.O=C1NCN(c2ccccc2)C12CCN(c1c(Cl)cncc1Cl)CC2.O=C1NCN(c2ccccc2)C12CCNCC2. The molecular weight excluding hydrogens is 1100 g/mol. The third kappa shape index (κ3) is 12.6. The number of hydrogen-bond donors (Lipinski definition) is 4. The Morgan fingerprint density at radius 3 is 1.25 bits per heavy atom. The van der Waals surface area contributed by atoms with Crippen molar-refractivity contribution in [3.05, 3.63) is 169 Å². The van der Waals surface area contributed by atoms with Gasteiger partial charge in [-0.2, -0.15) is 0 Å². The summed E-state index contributed by atoms with van der Waals surface area (Å²) in [5.41, 5.74) is 9.33. The third-order valence-corrected chi connectivity index (χ3v) is 16.8. The van der Waals surface area contributed by atoms with E-state index < -0.39 is 11.0 Å². The van der Waals surface area contributed by atoms with Gasteiger partial charge in [0.15, 0.2) is 0 Å². The topological polar surface area (TPSA) is 165 Å². The quantitative estimate of drug-likeness (QED) is 0.120. The molecule has 5 aliphatic heterocycles. The maximum atomic E-state index is 12.7. The molecule has 5 N–H and O–H groups in total. The molecule has 21 heteroatoms. The van der Waals surface area contributed by atoms with E-state index in [4.69, 9.17) is 86.9 Å². The lowest BCUT2D eigenvalue weighted by atomic mass is 9.73. The summed E-state index contributed by atoms with van der Waals surface area (Å²) in [5.74, 6) is 0.0451. The number of hydrogen-bond acceptors (Lipinski definition) is 11. The molecular formula is C54H56Cl7N11O3. The highest BCUT2D eigenvalue weighted by Crippen LogP contribution is 2.43. The largest absolute Gasteiger partial charge is 0.369 e. The zero-order valence-electron chi connectivity index (χ0n) is 40.8. The van der Waals surface area contributed by atoms with E-state index in [2.05, 4.69) is 62.6 Å². The minimum absolute atomic E-state index is 0.0999. The van der Waals surface area contributed by atoms with Crippen molar-refractivity contribution in [1.29, 1.82) is 0 Å². The van der Waals surface area contributed by atoms with Crippen LogP contribution in [0.25, 0.3) is 0 Å². The fourth-order valence-electron chi connectivity index (χ4n) is 10.5. The Bertz CT molecular complexity index is 2850. The summed E-state index contributed by atoms with van der Waals surface area (Å²) < 4.78 is 0. The summed E-state index contributed by atoms with van der Waals surface area (Å²) in [6.07, 6.45) is 14.5. The van der Waals surface area contributed by atoms with Crippen molar-refractivity contribution in [2.24, 2.45) is 11.1 Å².